The predicted octanol–water partition coefficient (Wildman–Crippen LogP) is 3.30. The lowest BCUT2D eigenvalue weighted by atomic mass is 10.2. The second-order valence-corrected chi connectivity index (χ2v) is 6.81. The minimum atomic E-state index is 0.798. The van der Waals surface area contributed by atoms with Crippen LogP contribution in [0.3, 0.4) is 0 Å². The van der Waals surface area contributed by atoms with Crippen molar-refractivity contribution in [3.8, 4) is 5.69 Å². The number of hydrogen-bond acceptors (Lipinski definition) is 3. The average Bonchev–Trinajstić information content (AvgIpc) is 3.39. The Hall–Kier alpha value is -2.92. The molecule has 0 radical (unpaired) electrons. The Balaban J connectivity index is 1.34. The molecule has 0 amide bonds. The summed E-state index contributed by atoms with van der Waals surface area (Å²) in [6.45, 7) is 1.63. The highest BCUT2D eigenvalue weighted by atomic mass is 15.3. The van der Waals surface area contributed by atoms with Gasteiger partial charge in [0.1, 0.15) is 0 Å². The number of fused-ring (bicyclic) bond motifs is 2. The van der Waals surface area contributed by atoms with Gasteiger partial charge in [-0.15, -0.1) is 0 Å². The molecule has 5 rings (SSSR count). The summed E-state index contributed by atoms with van der Waals surface area (Å²) < 4.78 is 4.02. The molecule has 5 nitrogen and oxygen atoms in total. The van der Waals surface area contributed by atoms with Crippen LogP contribution < -0.4 is 5.32 Å². The van der Waals surface area contributed by atoms with E-state index in [0.29, 0.717) is 0 Å². The zero-order valence-corrected chi connectivity index (χ0v) is 14.6. The molecule has 1 aliphatic carbocycles. The van der Waals surface area contributed by atoms with E-state index >= 15 is 0 Å². The van der Waals surface area contributed by atoms with E-state index < -0.39 is 0 Å². The van der Waals surface area contributed by atoms with E-state index in [1.165, 1.54) is 28.9 Å². The molecule has 1 N–H and O–H groups in total. The third-order valence-electron chi connectivity index (χ3n) is 5.10. The van der Waals surface area contributed by atoms with Crippen molar-refractivity contribution in [3.05, 3.63) is 83.4 Å². The van der Waals surface area contributed by atoms with Crippen molar-refractivity contribution in [2.24, 2.45) is 0 Å². The van der Waals surface area contributed by atoms with Crippen LogP contribution in [-0.4, -0.2) is 19.4 Å². The maximum absolute atomic E-state index is 4.91. The molecule has 3 heterocycles. The number of pyridine rings is 1. The van der Waals surface area contributed by atoms with E-state index in [1.807, 2.05) is 29.0 Å². The third-order valence-corrected chi connectivity index (χ3v) is 5.10. The summed E-state index contributed by atoms with van der Waals surface area (Å²) >= 11 is 0. The van der Waals surface area contributed by atoms with Gasteiger partial charge in [-0.05, 0) is 60.7 Å². The predicted molar refractivity (Wildman–Crippen MR) is 101 cm³/mol. The normalized spacial score (nSPS) is 13.4. The highest BCUT2D eigenvalue weighted by Gasteiger charge is 2.22. The van der Waals surface area contributed by atoms with Crippen molar-refractivity contribution in [1.29, 1.82) is 0 Å². The molecule has 26 heavy (non-hydrogen) atoms. The Kier molecular flexibility index (Phi) is 3.79. The van der Waals surface area contributed by atoms with E-state index in [1.54, 1.807) is 0 Å². The summed E-state index contributed by atoms with van der Waals surface area (Å²) in [6.07, 6.45) is 7.32. The van der Waals surface area contributed by atoms with Crippen molar-refractivity contribution >= 4 is 5.52 Å². The number of nitrogens with one attached hydrogen (secondary N) is 1. The van der Waals surface area contributed by atoms with Crippen LogP contribution in [0.4, 0.5) is 0 Å². The van der Waals surface area contributed by atoms with Gasteiger partial charge in [-0.1, -0.05) is 18.2 Å². The van der Waals surface area contributed by atoms with Gasteiger partial charge in [-0.3, -0.25) is 0 Å². The van der Waals surface area contributed by atoms with Crippen LogP contribution >= 0.6 is 0 Å². The number of hydrogen-bond donors (Lipinski definition) is 1. The fraction of sp³-hybridized carbons (Fsp3) is 0.238. The zero-order valence-electron chi connectivity index (χ0n) is 14.6. The third kappa shape index (κ3) is 2.70. The second kappa shape index (κ2) is 6.42. The van der Waals surface area contributed by atoms with Gasteiger partial charge >= 0.3 is 0 Å². The highest BCUT2D eigenvalue weighted by molar-refractivity contribution is 5.47. The maximum Gasteiger partial charge on any atom is 0.0801 e. The summed E-state index contributed by atoms with van der Waals surface area (Å²) in [6, 6.07) is 16.8. The first-order valence-corrected chi connectivity index (χ1v) is 9.16. The number of benzene rings is 1. The molecule has 3 aromatic heterocycles. The maximum atomic E-state index is 4.91. The zero-order chi connectivity index (χ0) is 17.3. The van der Waals surface area contributed by atoms with Gasteiger partial charge in [-0.2, -0.15) is 10.2 Å². The molecule has 0 spiro atoms. The van der Waals surface area contributed by atoms with E-state index in [9.17, 15) is 0 Å². The van der Waals surface area contributed by atoms with E-state index in [0.717, 1.165) is 37.1 Å². The van der Waals surface area contributed by atoms with Gasteiger partial charge in [0.05, 0.1) is 16.9 Å². The molecular weight excluding hydrogens is 322 g/mol. The molecule has 0 aliphatic heterocycles. The molecule has 4 aromatic rings. The van der Waals surface area contributed by atoms with Crippen LogP contribution in [0, 0.1) is 0 Å². The number of para-hydroxylation sites is 1. The fourth-order valence-electron chi connectivity index (χ4n) is 3.84. The molecule has 0 fully saturated rings. The molecule has 0 saturated carbocycles. The summed E-state index contributed by atoms with van der Waals surface area (Å²) in [7, 11) is 0. The minimum absolute atomic E-state index is 0.798. The lowest BCUT2D eigenvalue weighted by molar-refractivity contribution is 0.657. The molecule has 0 unspecified atom stereocenters. The second-order valence-electron chi connectivity index (χ2n) is 6.81. The monoisotopic (exact) mass is 343 g/mol. The van der Waals surface area contributed by atoms with Crippen molar-refractivity contribution in [1.82, 2.24) is 24.7 Å². The molecule has 1 aliphatic rings. The summed E-state index contributed by atoms with van der Waals surface area (Å²) in [5, 5.41) is 12.7. The number of aromatic nitrogens is 4. The van der Waals surface area contributed by atoms with E-state index in [-0.39, 0.29) is 0 Å². The van der Waals surface area contributed by atoms with Gasteiger partial charge < -0.3 is 5.32 Å². The van der Waals surface area contributed by atoms with Crippen molar-refractivity contribution in [2.45, 2.75) is 32.4 Å². The largest absolute Gasteiger partial charge is 0.307 e. The Morgan fingerprint density at radius 1 is 1.00 bits per heavy atom. The molecule has 0 bridgehead atoms. The quantitative estimate of drug-likeness (QED) is 0.605. The van der Waals surface area contributed by atoms with Crippen molar-refractivity contribution < 1.29 is 0 Å². The van der Waals surface area contributed by atoms with Crippen molar-refractivity contribution in [3.63, 3.8) is 0 Å². The Morgan fingerprint density at radius 3 is 2.85 bits per heavy atom. The first-order chi connectivity index (χ1) is 12.9. The molecule has 0 saturated heterocycles. The van der Waals surface area contributed by atoms with Gasteiger partial charge in [0, 0.05) is 31.2 Å². The summed E-state index contributed by atoms with van der Waals surface area (Å²) in [5.41, 5.74) is 7.55. The van der Waals surface area contributed by atoms with Gasteiger partial charge in [0.15, 0.2) is 0 Å². The van der Waals surface area contributed by atoms with Gasteiger partial charge in [0.25, 0.3) is 0 Å². The number of nitrogens with zero attached hydrogens (tertiary/aromatic N) is 4. The molecule has 130 valence electrons. The lowest BCUT2D eigenvalue weighted by Crippen LogP contribution is -2.14. The average molecular weight is 343 g/mol. The summed E-state index contributed by atoms with van der Waals surface area (Å²) in [4.78, 5) is 0. The summed E-state index contributed by atoms with van der Waals surface area (Å²) in [5.74, 6) is 0. The number of rotatable bonds is 5. The smallest absolute Gasteiger partial charge is 0.0801 e. The van der Waals surface area contributed by atoms with Crippen LogP contribution in [0.25, 0.3) is 11.2 Å². The van der Waals surface area contributed by atoms with Crippen LogP contribution in [0.1, 0.15) is 28.9 Å². The Morgan fingerprint density at radius 2 is 1.92 bits per heavy atom. The molecular formula is C21H21N5. The van der Waals surface area contributed by atoms with E-state index in [4.69, 9.17) is 5.10 Å². The highest BCUT2D eigenvalue weighted by Crippen LogP contribution is 2.27. The Bertz CT molecular complexity index is 1040. The van der Waals surface area contributed by atoms with Crippen LogP contribution in [0.15, 0.2) is 60.9 Å². The first kappa shape index (κ1) is 15.3. The van der Waals surface area contributed by atoms with Crippen LogP contribution in [0.2, 0.25) is 0 Å². The molecule has 1 aromatic carbocycles. The Labute approximate surface area is 152 Å². The standard InChI is InChI=1S/C21H21N5/c1-2-5-17(6-3-1)26-21-8-4-7-19(21)20(24-26)15-22-14-16-10-12-25-18(13-16)9-11-23-25/h1-3,5-6,9-13,22H,4,7-8,14-15H2. The molecule has 0 atom stereocenters. The van der Waals surface area contributed by atoms with Crippen LogP contribution in [-0.2, 0) is 25.9 Å². The SMILES string of the molecule is c1ccc(-n2nc(CNCc3ccn4nccc4c3)c3c2CCC3)cc1. The molecule has 5 heteroatoms. The van der Waals surface area contributed by atoms with Crippen molar-refractivity contribution in [2.75, 3.05) is 0 Å². The fourth-order valence-corrected chi connectivity index (χ4v) is 3.84. The van der Waals surface area contributed by atoms with Gasteiger partial charge in [-0.25, -0.2) is 9.20 Å². The van der Waals surface area contributed by atoms with Gasteiger partial charge in [0.2, 0.25) is 0 Å². The minimum Gasteiger partial charge on any atom is -0.307 e. The van der Waals surface area contributed by atoms with E-state index in [2.05, 4.69) is 51.5 Å². The topological polar surface area (TPSA) is 47.2 Å². The first-order valence-electron chi connectivity index (χ1n) is 9.16. The lowest BCUT2D eigenvalue weighted by Gasteiger charge is -2.06. The van der Waals surface area contributed by atoms with Crippen LogP contribution in [0.5, 0.6) is 0 Å².